The minimum Gasteiger partial charge on any atom is -0.497 e. The standard InChI is InChI=1S/C24H28N2O5/c1-15(2)13-26-14-20(23(27)25-12-16-6-8-17(29-3)9-7-16)18-10-21(30-4)22(31-5)11-19(18)24(26)28/h6-11,14-15H,12-13H2,1-5H3,(H,25,27). The number of benzene rings is 2. The van der Waals surface area contributed by atoms with Crippen LogP contribution in [0.1, 0.15) is 29.8 Å². The number of ether oxygens (including phenoxy) is 3. The Morgan fingerprint density at radius 1 is 0.968 bits per heavy atom. The Bertz CT molecular complexity index is 1130. The summed E-state index contributed by atoms with van der Waals surface area (Å²) < 4.78 is 17.5. The Balaban J connectivity index is 2.04. The van der Waals surface area contributed by atoms with E-state index in [1.54, 1.807) is 30.0 Å². The average Bonchev–Trinajstić information content (AvgIpc) is 2.78. The van der Waals surface area contributed by atoms with Crippen molar-refractivity contribution in [2.24, 2.45) is 5.92 Å². The van der Waals surface area contributed by atoms with Crippen molar-refractivity contribution in [1.82, 2.24) is 9.88 Å². The zero-order valence-electron chi connectivity index (χ0n) is 18.5. The molecule has 0 saturated carbocycles. The molecular weight excluding hydrogens is 396 g/mol. The summed E-state index contributed by atoms with van der Waals surface area (Å²) in [6, 6.07) is 10.8. The Labute approximate surface area is 181 Å². The lowest BCUT2D eigenvalue weighted by atomic mass is 10.0. The molecule has 0 bridgehead atoms. The Hall–Kier alpha value is -3.48. The molecule has 7 heteroatoms. The smallest absolute Gasteiger partial charge is 0.258 e. The lowest BCUT2D eigenvalue weighted by Gasteiger charge is -2.16. The fourth-order valence-corrected chi connectivity index (χ4v) is 3.45. The van der Waals surface area contributed by atoms with Gasteiger partial charge in [-0.05, 0) is 35.7 Å². The van der Waals surface area contributed by atoms with Crippen LogP contribution in [0.5, 0.6) is 17.2 Å². The molecule has 0 atom stereocenters. The van der Waals surface area contributed by atoms with Gasteiger partial charge in [-0.1, -0.05) is 26.0 Å². The SMILES string of the molecule is COc1ccc(CNC(=O)c2cn(CC(C)C)c(=O)c3cc(OC)c(OC)cc23)cc1. The van der Waals surface area contributed by atoms with Crippen LogP contribution in [0.15, 0.2) is 47.4 Å². The van der Waals surface area contributed by atoms with Crippen molar-refractivity contribution in [3.63, 3.8) is 0 Å². The number of hydrogen-bond donors (Lipinski definition) is 1. The topological polar surface area (TPSA) is 78.8 Å². The summed E-state index contributed by atoms with van der Waals surface area (Å²) in [6.45, 7) is 4.89. The molecule has 0 aliphatic carbocycles. The van der Waals surface area contributed by atoms with Gasteiger partial charge in [0.05, 0.1) is 32.3 Å². The molecule has 3 aromatic rings. The third-order valence-electron chi connectivity index (χ3n) is 5.01. The monoisotopic (exact) mass is 424 g/mol. The second-order valence-corrected chi connectivity index (χ2v) is 7.68. The lowest BCUT2D eigenvalue weighted by Crippen LogP contribution is -2.28. The van der Waals surface area contributed by atoms with E-state index in [1.165, 1.54) is 14.2 Å². The van der Waals surface area contributed by atoms with Crippen molar-refractivity contribution in [3.8, 4) is 17.2 Å². The molecule has 7 nitrogen and oxygen atoms in total. The van der Waals surface area contributed by atoms with E-state index in [0.29, 0.717) is 40.9 Å². The fourth-order valence-electron chi connectivity index (χ4n) is 3.45. The van der Waals surface area contributed by atoms with Crippen LogP contribution in [0, 0.1) is 5.92 Å². The number of pyridine rings is 1. The van der Waals surface area contributed by atoms with Crippen molar-refractivity contribution >= 4 is 16.7 Å². The molecule has 0 aliphatic rings. The Kier molecular flexibility index (Phi) is 6.84. The van der Waals surface area contributed by atoms with Gasteiger partial charge in [0.25, 0.3) is 11.5 Å². The minimum atomic E-state index is -0.273. The number of carbonyl (C=O) groups is 1. The summed E-state index contributed by atoms with van der Waals surface area (Å²) in [4.78, 5) is 26.2. The molecule has 164 valence electrons. The molecule has 0 spiro atoms. The minimum absolute atomic E-state index is 0.170. The van der Waals surface area contributed by atoms with Crippen LogP contribution >= 0.6 is 0 Å². The van der Waals surface area contributed by atoms with Crippen molar-refractivity contribution in [3.05, 3.63) is 64.1 Å². The van der Waals surface area contributed by atoms with E-state index in [0.717, 1.165) is 11.3 Å². The molecule has 3 rings (SSSR count). The molecule has 0 saturated heterocycles. The lowest BCUT2D eigenvalue weighted by molar-refractivity contribution is 0.0951. The van der Waals surface area contributed by atoms with Crippen molar-refractivity contribution < 1.29 is 19.0 Å². The van der Waals surface area contributed by atoms with E-state index in [4.69, 9.17) is 14.2 Å². The number of nitrogens with one attached hydrogen (secondary N) is 1. The van der Waals surface area contributed by atoms with Crippen molar-refractivity contribution in [2.75, 3.05) is 21.3 Å². The maximum Gasteiger partial charge on any atom is 0.258 e. The highest BCUT2D eigenvalue weighted by molar-refractivity contribution is 6.07. The van der Waals surface area contributed by atoms with Crippen molar-refractivity contribution in [2.45, 2.75) is 26.9 Å². The van der Waals surface area contributed by atoms with Gasteiger partial charge in [-0.15, -0.1) is 0 Å². The molecule has 0 unspecified atom stereocenters. The van der Waals surface area contributed by atoms with E-state index in [9.17, 15) is 9.59 Å². The normalized spacial score (nSPS) is 10.9. The number of fused-ring (bicyclic) bond motifs is 1. The molecule has 0 aliphatic heterocycles. The first kappa shape index (κ1) is 22.2. The van der Waals surface area contributed by atoms with Crippen LogP contribution in [-0.2, 0) is 13.1 Å². The number of methoxy groups -OCH3 is 3. The van der Waals surface area contributed by atoms with E-state index < -0.39 is 0 Å². The Morgan fingerprint density at radius 2 is 1.58 bits per heavy atom. The number of carbonyl (C=O) groups excluding carboxylic acids is 1. The number of aromatic nitrogens is 1. The zero-order valence-corrected chi connectivity index (χ0v) is 18.5. The first-order valence-electron chi connectivity index (χ1n) is 10.1. The van der Waals surface area contributed by atoms with E-state index >= 15 is 0 Å². The van der Waals surface area contributed by atoms with Crippen LogP contribution in [0.4, 0.5) is 0 Å². The summed E-state index contributed by atoms with van der Waals surface area (Å²) >= 11 is 0. The van der Waals surface area contributed by atoms with Crippen LogP contribution in [0.2, 0.25) is 0 Å². The van der Waals surface area contributed by atoms with Crippen LogP contribution in [0.25, 0.3) is 10.8 Å². The molecule has 1 aromatic heterocycles. The summed E-state index contributed by atoms with van der Waals surface area (Å²) in [5.41, 5.74) is 1.18. The van der Waals surface area contributed by atoms with Crippen LogP contribution in [0.3, 0.4) is 0 Å². The third kappa shape index (κ3) is 4.82. The van der Waals surface area contributed by atoms with Gasteiger partial charge in [-0.3, -0.25) is 9.59 Å². The zero-order chi connectivity index (χ0) is 22.5. The molecule has 1 amide bonds. The largest absolute Gasteiger partial charge is 0.497 e. The Morgan fingerprint density at radius 3 is 2.13 bits per heavy atom. The number of rotatable bonds is 8. The van der Waals surface area contributed by atoms with E-state index in [-0.39, 0.29) is 17.4 Å². The molecule has 0 fully saturated rings. The molecule has 1 heterocycles. The molecule has 1 N–H and O–H groups in total. The van der Waals surface area contributed by atoms with Gasteiger partial charge in [0.2, 0.25) is 0 Å². The predicted octanol–water partition coefficient (Wildman–Crippen LogP) is 3.61. The molecule has 0 radical (unpaired) electrons. The first-order chi connectivity index (χ1) is 14.9. The maximum absolute atomic E-state index is 13.1. The first-order valence-corrected chi connectivity index (χ1v) is 10.1. The van der Waals surface area contributed by atoms with Gasteiger partial charge in [-0.2, -0.15) is 0 Å². The molecule has 2 aromatic carbocycles. The van der Waals surface area contributed by atoms with Crippen LogP contribution < -0.4 is 25.1 Å². The highest BCUT2D eigenvalue weighted by Gasteiger charge is 2.18. The van der Waals surface area contributed by atoms with Gasteiger partial charge in [0.15, 0.2) is 11.5 Å². The summed E-state index contributed by atoms with van der Waals surface area (Å²) in [5, 5.41) is 3.88. The van der Waals surface area contributed by atoms with Gasteiger partial charge < -0.3 is 24.1 Å². The summed E-state index contributed by atoms with van der Waals surface area (Å²) in [5.74, 6) is 1.62. The number of hydrogen-bond acceptors (Lipinski definition) is 5. The quantitative estimate of drug-likeness (QED) is 0.598. The highest BCUT2D eigenvalue weighted by atomic mass is 16.5. The fraction of sp³-hybridized carbons (Fsp3) is 0.333. The van der Waals surface area contributed by atoms with E-state index in [1.807, 2.05) is 38.1 Å². The highest BCUT2D eigenvalue weighted by Crippen LogP contribution is 2.32. The van der Waals surface area contributed by atoms with Gasteiger partial charge in [0.1, 0.15) is 5.75 Å². The van der Waals surface area contributed by atoms with E-state index in [2.05, 4.69) is 5.32 Å². The third-order valence-corrected chi connectivity index (χ3v) is 5.01. The number of amides is 1. The van der Waals surface area contributed by atoms with Gasteiger partial charge >= 0.3 is 0 Å². The average molecular weight is 424 g/mol. The molecule has 31 heavy (non-hydrogen) atoms. The summed E-state index contributed by atoms with van der Waals surface area (Å²) in [6.07, 6.45) is 1.62. The van der Waals surface area contributed by atoms with Crippen molar-refractivity contribution in [1.29, 1.82) is 0 Å². The number of nitrogens with zero attached hydrogens (tertiary/aromatic N) is 1. The second-order valence-electron chi connectivity index (χ2n) is 7.68. The van der Waals surface area contributed by atoms with Crippen LogP contribution in [-0.4, -0.2) is 31.8 Å². The second kappa shape index (κ2) is 9.55. The summed E-state index contributed by atoms with van der Waals surface area (Å²) in [7, 11) is 4.64. The van der Waals surface area contributed by atoms with Gasteiger partial charge in [0, 0.05) is 24.7 Å². The predicted molar refractivity (Wildman–Crippen MR) is 120 cm³/mol. The van der Waals surface area contributed by atoms with Gasteiger partial charge in [-0.25, -0.2) is 0 Å². The maximum atomic E-state index is 13.1. The molecular formula is C24H28N2O5.